The summed E-state index contributed by atoms with van der Waals surface area (Å²) in [6, 6.07) is 7.06. The Morgan fingerprint density at radius 1 is 1.57 bits per heavy atom. The van der Waals surface area contributed by atoms with E-state index in [1.807, 2.05) is 11.8 Å². The number of ether oxygens (including phenoxy) is 1. The van der Waals surface area contributed by atoms with Crippen molar-refractivity contribution in [2.45, 2.75) is 19.4 Å². The smallest absolute Gasteiger partial charge is 0.311 e. The van der Waals surface area contributed by atoms with Crippen LogP contribution in [-0.4, -0.2) is 36.9 Å². The number of anilines is 1. The number of carboxylic acids is 1. The standard InChI is InChI=1S/C15H17ClN2O3/c1-2-6-18(14-9-21-8-11(14)15(19)20)13-5-3-4-12(16)10(13)7-17/h3-5,11,14H,2,6,8-9H2,1H3,(H,19,20). The Bertz CT molecular complexity index is 571. The lowest BCUT2D eigenvalue weighted by Crippen LogP contribution is -2.44. The van der Waals surface area contributed by atoms with Crippen molar-refractivity contribution in [2.24, 2.45) is 5.92 Å². The summed E-state index contributed by atoms with van der Waals surface area (Å²) >= 11 is 6.08. The summed E-state index contributed by atoms with van der Waals surface area (Å²) in [7, 11) is 0. The third kappa shape index (κ3) is 3.12. The molecule has 0 amide bonds. The Morgan fingerprint density at radius 3 is 2.95 bits per heavy atom. The average molecular weight is 309 g/mol. The van der Waals surface area contributed by atoms with Gasteiger partial charge < -0.3 is 14.7 Å². The van der Waals surface area contributed by atoms with E-state index in [1.165, 1.54) is 0 Å². The van der Waals surface area contributed by atoms with E-state index in [1.54, 1.807) is 18.2 Å². The number of benzene rings is 1. The predicted octanol–water partition coefficient (Wildman–Crippen LogP) is 2.53. The molecule has 2 unspecified atom stereocenters. The number of halogens is 1. The van der Waals surface area contributed by atoms with Crippen LogP contribution in [0.25, 0.3) is 0 Å². The van der Waals surface area contributed by atoms with Crippen LogP contribution in [0.2, 0.25) is 5.02 Å². The molecule has 0 saturated carbocycles. The van der Waals surface area contributed by atoms with E-state index in [2.05, 4.69) is 6.07 Å². The van der Waals surface area contributed by atoms with E-state index in [0.717, 1.165) is 6.42 Å². The van der Waals surface area contributed by atoms with Gasteiger partial charge in [0.25, 0.3) is 0 Å². The highest BCUT2D eigenvalue weighted by atomic mass is 35.5. The highest BCUT2D eigenvalue weighted by Crippen LogP contribution is 2.32. The molecule has 21 heavy (non-hydrogen) atoms. The zero-order valence-corrected chi connectivity index (χ0v) is 12.5. The molecule has 2 atom stereocenters. The van der Waals surface area contributed by atoms with Gasteiger partial charge in [-0.1, -0.05) is 24.6 Å². The Labute approximate surface area is 128 Å². The molecule has 0 bridgehead atoms. The molecule has 1 aromatic rings. The highest BCUT2D eigenvalue weighted by molar-refractivity contribution is 6.32. The lowest BCUT2D eigenvalue weighted by Gasteiger charge is -2.33. The molecule has 1 N–H and O–H groups in total. The fourth-order valence-corrected chi connectivity index (χ4v) is 2.87. The molecule has 1 aliphatic heterocycles. The first kappa shape index (κ1) is 15.6. The van der Waals surface area contributed by atoms with Crippen molar-refractivity contribution in [3.05, 3.63) is 28.8 Å². The summed E-state index contributed by atoms with van der Waals surface area (Å²) < 4.78 is 5.35. The van der Waals surface area contributed by atoms with Crippen molar-refractivity contribution >= 4 is 23.3 Å². The molecular formula is C15H17ClN2O3. The van der Waals surface area contributed by atoms with Crippen molar-refractivity contribution in [3.8, 4) is 6.07 Å². The van der Waals surface area contributed by atoms with Crippen molar-refractivity contribution in [2.75, 3.05) is 24.7 Å². The van der Waals surface area contributed by atoms with Gasteiger partial charge in [0.15, 0.2) is 0 Å². The molecule has 5 nitrogen and oxygen atoms in total. The van der Waals surface area contributed by atoms with Crippen LogP contribution in [0.3, 0.4) is 0 Å². The monoisotopic (exact) mass is 308 g/mol. The number of carboxylic acid groups (broad SMARTS) is 1. The van der Waals surface area contributed by atoms with Gasteiger partial charge in [-0.05, 0) is 18.6 Å². The topological polar surface area (TPSA) is 73.6 Å². The SMILES string of the molecule is CCCN(c1cccc(Cl)c1C#N)C1COCC1C(=O)O. The van der Waals surface area contributed by atoms with Gasteiger partial charge >= 0.3 is 5.97 Å². The first-order valence-electron chi connectivity index (χ1n) is 6.86. The second-order valence-corrected chi connectivity index (χ2v) is 5.40. The maximum atomic E-state index is 11.4. The summed E-state index contributed by atoms with van der Waals surface area (Å²) in [5.74, 6) is -1.47. The molecule has 1 aliphatic rings. The lowest BCUT2D eigenvalue weighted by molar-refractivity contribution is -0.141. The molecule has 1 aromatic carbocycles. The van der Waals surface area contributed by atoms with E-state index in [9.17, 15) is 15.2 Å². The summed E-state index contributed by atoms with van der Waals surface area (Å²) in [6.45, 7) is 3.19. The molecule has 6 heteroatoms. The van der Waals surface area contributed by atoms with Crippen LogP contribution in [0, 0.1) is 17.2 Å². The van der Waals surface area contributed by atoms with Crippen LogP contribution < -0.4 is 4.90 Å². The minimum Gasteiger partial charge on any atom is -0.481 e. The lowest BCUT2D eigenvalue weighted by atomic mass is 10.00. The fraction of sp³-hybridized carbons (Fsp3) is 0.467. The van der Waals surface area contributed by atoms with Crippen molar-refractivity contribution in [1.82, 2.24) is 0 Å². The molecule has 0 aliphatic carbocycles. The van der Waals surface area contributed by atoms with E-state index >= 15 is 0 Å². The third-order valence-corrected chi connectivity index (χ3v) is 3.96. The van der Waals surface area contributed by atoms with Gasteiger partial charge in [-0.15, -0.1) is 0 Å². The Kier molecular flexibility index (Phi) is 5.05. The summed E-state index contributed by atoms with van der Waals surface area (Å²) in [6.07, 6.45) is 0.834. The largest absolute Gasteiger partial charge is 0.481 e. The van der Waals surface area contributed by atoms with Crippen LogP contribution in [0.5, 0.6) is 0 Å². The molecule has 1 heterocycles. The van der Waals surface area contributed by atoms with Crippen LogP contribution in [0.15, 0.2) is 18.2 Å². The average Bonchev–Trinajstić information content (AvgIpc) is 2.94. The van der Waals surface area contributed by atoms with Gasteiger partial charge in [0, 0.05) is 6.54 Å². The fourth-order valence-electron chi connectivity index (χ4n) is 2.65. The molecule has 112 valence electrons. The molecule has 1 saturated heterocycles. The van der Waals surface area contributed by atoms with Crippen LogP contribution >= 0.6 is 11.6 Å². The van der Waals surface area contributed by atoms with E-state index in [0.29, 0.717) is 29.4 Å². The maximum absolute atomic E-state index is 11.4. The highest BCUT2D eigenvalue weighted by Gasteiger charge is 2.38. The molecule has 0 radical (unpaired) electrons. The summed E-state index contributed by atoms with van der Waals surface area (Å²) in [4.78, 5) is 13.3. The van der Waals surface area contributed by atoms with E-state index in [-0.39, 0.29) is 12.6 Å². The molecular weight excluding hydrogens is 292 g/mol. The van der Waals surface area contributed by atoms with Crippen LogP contribution in [-0.2, 0) is 9.53 Å². The quantitative estimate of drug-likeness (QED) is 0.905. The second-order valence-electron chi connectivity index (χ2n) is 4.99. The number of hydrogen-bond acceptors (Lipinski definition) is 4. The van der Waals surface area contributed by atoms with Gasteiger partial charge in [0.2, 0.25) is 0 Å². The number of nitrogens with zero attached hydrogens (tertiary/aromatic N) is 2. The third-order valence-electron chi connectivity index (χ3n) is 3.65. The maximum Gasteiger partial charge on any atom is 0.311 e. The minimum absolute atomic E-state index is 0.197. The zero-order valence-electron chi connectivity index (χ0n) is 11.8. The number of aliphatic carboxylic acids is 1. The van der Waals surface area contributed by atoms with Gasteiger partial charge in [-0.25, -0.2) is 0 Å². The Morgan fingerprint density at radius 2 is 2.33 bits per heavy atom. The number of nitriles is 1. The molecule has 0 aromatic heterocycles. The molecule has 0 spiro atoms. The first-order chi connectivity index (χ1) is 10.1. The number of carbonyl (C=O) groups is 1. The predicted molar refractivity (Wildman–Crippen MR) is 79.5 cm³/mol. The van der Waals surface area contributed by atoms with Crippen molar-refractivity contribution < 1.29 is 14.6 Å². The van der Waals surface area contributed by atoms with Crippen molar-refractivity contribution in [3.63, 3.8) is 0 Å². The summed E-state index contributed by atoms with van der Waals surface area (Å²) in [5.41, 5.74) is 1.05. The second kappa shape index (κ2) is 6.79. The van der Waals surface area contributed by atoms with Crippen LogP contribution in [0.1, 0.15) is 18.9 Å². The van der Waals surface area contributed by atoms with Gasteiger partial charge in [-0.2, -0.15) is 5.26 Å². The minimum atomic E-state index is -0.876. The number of rotatable bonds is 5. The van der Waals surface area contributed by atoms with E-state index in [4.69, 9.17) is 16.3 Å². The Hall–Kier alpha value is -1.77. The van der Waals surface area contributed by atoms with Gasteiger partial charge in [0.1, 0.15) is 12.0 Å². The van der Waals surface area contributed by atoms with Crippen LogP contribution in [0.4, 0.5) is 5.69 Å². The zero-order chi connectivity index (χ0) is 15.4. The molecule has 1 fully saturated rings. The Balaban J connectivity index is 2.42. The first-order valence-corrected chi connectivity index (χ1v) is 7.23. The number of hydrogen-bond donors (Lipinski definition) is 1. The molecule has 2 rings (SSSR count). The van der Waals surface area contributed by atoms with Gasteiger partial charge in [-0.3, -0.25) is 4.79 Å². The van der Waals surface area contributed by atoms with Gasteiger partial charge in [0.05, 0.1) is 35.5 Å². The normalized spacial score (nSPS) is 21.0. The van der Waals surface area contributed by atoms with E-state index < -0.39 is 11.9 Å². The summed E-state index contributed by atoms with van der Waals surface area (Å²) in [5, 5.41) is 19.0. The van der Waals surface area contributed by atoms with Crippen molar-refractivity contribution in [1.29, 1.82) is 5.26 Å².